The Morgan fingerprint density at radius 1 is 1.56 bits per heavy atom. The van der Waals surface area contributed by atoms with E-state index in [0.29, 0.717) is 10.6 Å². The van der Waals surface area contributed by atoms with Crippen LogP contribution >= 0.6 is 11.6 Å². The van der Waals surface area contributed by atoms with Crippen LogP contribution < -0.4 is 5.32 Å². The molecule has 0 spiro atoms. The van der Waals surface area contributed by atoms with E-state index >= 15 is 0 Å². The van der Waals surface area contributed by atoms with Crippen LogP contribution in [-0.4, -0.2) is 42.2 Å². The lowest BCUT2D eigenvalue weighted by molar-refractivity contribution is 0.0683. The lowest BCUT2D eigenvalue weighted by atomic mass is 10.1. The van der Waals surface area contributed by atoms with Crippen molar-refractivity contribution in [2.24, 2.45) is 0 Å². The van der Waals surface area contributed by atoms with Crippen molar-refractivity contribution in [2.75, 3.05) is 25.5 Å². The summed E-state index contributed by atoms with van der Waals surface area (Å²) in [7, 11) is 1.67. The standard InChI is InChI=1S/C13H19ClN2O2/c1-4-15-12-6-5-10(14)7-11(12)13(18)16(3)9(2)8-17/h5-7,9,15,17H,4,8H2,1-3H3. The third kappa shape index (κ3) is 3.37. The summed E-state index contributed by atoms with van der Waals surface area (Å²) in [5.41, 5.74) is 1.27. The normalized spacial score (nSPS) is 12.1. The van der Waals surface area contributed by atoms with E-state index < -0.39 is 0 Å². The Kier molecular flexibility index (Phi) is 5.44. The van der Waals surface area contributed by atoms with E-state index in [4.69, 9.17) is 16.7 Å². The fourth-order valence-corrected chi connectivity index (χ4v) is 1.72. The minimum Gasteiger partial charge on any atom is -0.394 e. The van der Waals surface area contributed by atoms with Crippen LogP contribution in [0.3, 0.4) is 0 Å². The van der Waals surface area contributed by atoms with Gasteiger partial charge < -0.3 is 15.3 Å². The lowest BCUT2D eigenvalue weighted by Crippen LogP contribution is -2.37. The van der Waals surface area contributed by atoms with Crippen molar-refractivity contribution in [3.63, 3.8) is 0 Å². The van der Waals surface area contributed by atoms with Crippen molar-refractivity contribution in [3.05, 3.63) is 28.8 Å². The molecule has 1 unspecified atom stereocenters. The number of rotatable bonds is 5. The number of nitrogens with one attached hydrogen (secondary N) is 1. The molecule has 1 atom stereocenters. The van der Waals surface area contributed by atoms with E-state index in [1.807, 2.05) is 6.92 Å². The second kappa shape index (κ2) is 6.61. The zero-order valence-electron chi connectivity index (χ0n) is 10.9. The van der Waals surface area contributed by atoms with Crippen molar-refractivity contribution in [1.82, 2.24) is 4.90 Å². The monoisotopic (exact) mass is 270 g/mol. The maximum Gasteiger partial charge on any atom is 0.256 e. The van der Waals surface area contributed by atoms with Gasteiger partial charge in [-0.05, 0) is 32.0 Å². The Labute approximate surface area is 113 Å². The van der Waals surface area contributed by atoms with E-state index in [9.17, 15) is 4.79 Å². The largest absolute Gasteiger partial charge is 0.394 e. The Balaban J connectivity index is 3.06. The molecule has 0 bridgehead atoms. The molecule has 100 valence electrons. The fourth-order valence-electron chi connectivity index (χ4n) is 1.55. The zero-order chi connectivity index (χ0) is 13.7. The van der Waals surface area contributed by atoms with Gasteiger partial charge in [-0.1, -0.05) is 11.6 Å². The van der Waals surface area contributed by atoms with Gasteiger partial charge in [0.1, 0.15) is 0 Å². The van der Waals surface area contributed by atoms with Gasteiger partial charge in [-0.15, -0.1) is 0 Å². The van der Waals surface area contributed by atoms with Gasteiger partial charge in [0, 0.05) is 24.3 Å². The topological polar surface area (TPSA) is 52.6 Å². The number of carbonyl (C=O) groups is 1. The van der Waals surface area contributed by atoms with Gasteiger partial charge in [0.25, 0.3) is 5.91 Å². The quantitative estimate of drug-likeness (QED) is 0.863. The van der Waals surface area contributed by atoms with Gasteiger partial charge in [-0.2, -0.15) is 0 Å². The summed E-state index contributed by atoms with van der Waals surface area (Å²) >= 11 is 5.93. The summed E-state index contributed by atoms with van der Waals surface area (Å²) in [6, 6.07) is 4.94. The number of hydrogen-bond acceptors (Lipinski definition) is 3. The van der Waals surface area contributed by atoms with Crippen molar-refractivity contribution in [3.8, 4) is 0 Å². The Morgan fingerprint density at radius 2 is 2.22 bits per heavy atom. The molecule has 0 fully saturated rings. The first kappa shape index (κ1) is 14.8. The highest BCUT2D eigenvalue weighted by Crippen LogP contribution is 2.22. The minimum absolute atomic E-state index is 0.0701. The van der Waals surface area contributed by atoms with Crippen molar-refractivity contribution < 1.29 is 9.90 Å². The van der Waals surface area contributed by atoms with Gasteiger partial charge in [-0.25, -0.2) is 0 Å². The first-order chi connectivity index (χ1) is 8.51. The molecule has 18 heavy (non-hydrogen) atoms. The van der Waals surface area contributed by atoms with Crippen molar-refractivity contribution in [2.45, 2.75) is 19.9 Å². The summed E-state index contributed by atoms with van der Waals surface area (Å²) in [6.07, 6.45) is 0. The molecule has 1 rings (SSSR count). The van der Waals surface area contributed by atoms with Crippen LogP contribution in [0.2, 0.25) is 5.02 Å². The Bertz CT molecular complexity index is 423. The van der Waals surface area contributed by atoms with Crippen molar-refractivity contribution >= 4 is 23.2 Å². The van der Waals surface area contributed by atoms with E-state index in [0.717, 1.165) is 12.2 Å². The summed E-state index contributed by atoms with van der Waals surface area (Å²) in [6.45, 7) is 4.40. The van der Waals surface area contributed by atoms with Crippen LogP contribution in [0, 0.1) is 0 Å². The highest BCUT2D eigenvalue weighted by Gasteiger charge is 2.19. The number of anilines is 1. The van der Waals surface area contributed by atoms with E-state index in [2.05, 4.69) is 5.32 Å². The molecule has 0 aromatic heterocycles. The molecule has 0 heterocycles. The third-order valence-corrected chi connectivity index (χ3v) is 3.06. The Hall–Kier alpha value is -1.26. The molecule has 0 aliphatic carbocycles. The number of hydrogen-bond donors (Lipinski definition) is 2. The summed E-state index contributed by atoms with van der Waals surface area (Å²) in [4.78, 5) is 13.8. The van der Waals surface area contributed by atoms with Crippen LogP contribution in [-0.2, 0) is 0 Å². The molecule has 0 radical (unpaired) electrons. The van der Waals surface area contributed by atoms with Gasteiger partial charge in [0.05, 0.1) is 18.2 Å². The van der Waals surface area contributed by atoms with Crippen molar-refractivity contribution in [1.29, 1.82) is 0 Å². The van der Waals surface area contributed by atoms with Crippen LogP contribution in [0.25, 0.3) is 0 Å². The molecule has 4 nitrogen and oxygen atoms in total. The predicted molar refractivity (Wildman–Crippen MR) is 74.3 cm³/mol. The minimum atomic E-state index is -0.231. The van der Waals surface area contributed by atoms with Gasteiger partial charge in [0.15, 0.2) is 0 Å². The lowest BCUT2D eigenvalue weighted by Gasteiger charge is -2.24. The van der Waals surface area contributed by atoms with Gasteiger partial charge in [0.2, 0.25) is 0 Å². The Morgan fingerprint density at radius 3 is 2.78 bits per heavy atom. The number of halogens is 1. The molecule has 1 aromatic rings. The van der Waals surface area contributed by atoms with E-state index in [1.54, 1.807) is 32.2 Å². The molecular formula is C13H19ClN2O2. The number of carbonyl (C=O) groups excluding carboxylic acids is 1. The fraction of sp³-hybridized carbons (Fsp3) is 0.462. The zero-order valence-corrected chi connectivity index (χ0v) is 11.7. The smallest absolute Gasteiger partial charge is 0.256 e. The SMILES string of the molecule is CCNc1ccc(Cl)cc1C(=O)N(C)C(C)CO. The molecule has 2 N–H and O–H groups in total. The second-order valence-electron chi connectivity index (χ2n) is 4.17. The molecular weight excluding hydrogens is 252 g/mol. The van der Waals surface area contributed by atoms with Crippen LogP contribution in [0.1, 0.15) is 24.2 Å². The van der Waals surface area contributed by atoms with Crippen LogP contribution in [0.5, 0.6) is 0 Å². The maximum atomic E-state index is 12.3. The molecule has 1 amide bonds. The van der Waals surface area contributed by atoms with Gasteiger partial charge in [-0.3, -0.25) is 4.79 Å². The average molecular weight is 271 g/mol. The van der Waals surface area contributed by atoms with Crippen LogP contribution in [0.4, 0.5) is 5.69 Å². The maximum absolute atomic E-state index is 12.3. The molecule has 0 saturated heterocycles. The van der Waals surface area contributed by atoms with Crippen LogP contribution in [0.15, 0.2) is 18.2 Å². The highest BCUT2D eigenvalue weighted by molar-refractivity contribution is 6.31. The summed E-state index contributed by atoms with van der Waals surface area (Å²) < 4.78 is 0. The number of amides is 1. The van der Waals surface area contributed by atoms with E-state index in [1.165, 1.54) is 4.90 Å². The molecule has 0 aliphatic heterocycles. The predicted octanol–water partition coefficient (Wildman–Crippen LogP) is 2.22. The first-order valence-electron chi connectivity index (χ1n) is 5.92. The molecule has 0 saturated carbocycles. The van der Waals surface area contributed by atoms with Gasteiger partial charge >= 0.3 is 0 Å². The molecule has 5 heteroatoms. The number of nitrogens with zero attached hydrogens (tertiary/aromatic N) is 1. The number of benzene rings is 1. The average Bonchev–Trinajstić information content (AvgIpc) is 2.38. The number of aliphatic hydroxyl groups excluding tert-OH is 1. The first-order valence-corrected chi connectivity index (χ1v) is 6.30. The summed E-state index contributed by atoms with van der Waals surface area (Å²) in [5.74, 6) is -0.157. The number of likely N-dealkylation sites (N-methyl/N-ethyl adjacent to an activating group) is 1. The molecule has 0 aliphatic rings. The highest BCUT2D eigenvalue weighted by atomic mass is 35.5. The second-order valence-corrected chi connectivity index (χ2v) is 4.60. The number of aliphatic hydroxyl groups is 1. The van der Waals surface area contributed by atoms with E-state index in [-0.39, 0.29) is 18.6 Å². The summed E-state index contributed by atoms with van der Waals surface area (Å²) in [5, 5.41) is 12.7. The molecule has 1 aromatic carbocycles. The third-order valence-electron chi connectivity index (χ3n) is 2.82.